The van der Waals surface area contributed by atoms with E-state index in [0.717, 1.165) is 16.2 Å². The highest BCUT2D eigenvalue weighted by Crippen LogP contribution is 2.25. The van der Waals surface area contributed by atoms with Crippen molar-refractivity contribution < 1.29 is 14.2 Å². The first kappa shape index (κ1) is 21.1. The molecule has 2 aromatic heterocycles. The van der Waals surface area contributed by atoms with Crippen LogP contribution in [0.4, 0.5) is 5.82 Å². The summed E-state index contributed by atoms with van der Waals surface area (Å²) in [5.41, 5.74) is 9.62. The second-order valence-electron chi connectivity index (χ2n) is 6.34. The molecule has 4 rings (SSSR count). The fourth-order valence-electron chi connectivity index (χ4n) is 2.69. The molecule has 0 aliphatic carbocycles. The molecule has 0 saturated carbocycles. The maximum Gasteiger partial charge on any atom is 0.293 e. The van der Waals surface area contributed by atoms with Gasteiger partial charge in [-0.2, -0.15) is 9.78 Å². The number of ether oxygens (including phenoxy) is 1. The van der Waals surface area contributed by atoms with E-state index in [-0.39, 0.29) is 17.3 Å². The molecule has 0 aliphatic rings. The molecule has 162 valence electrons. The number of methoxy groups -OCH3 is 1. The van der Waals surface area contributed by atoms with Crippen molar-refractivity contribution in [3.05, 3.63) is 71.5 Å². The summed E-state index contributed by atoms with van der Waals surface area (Å²) in [5, 5.41) is 19.4. The summed E-state index contributed by atoms with van der Waals surface area (Å²) in [6.45, 7) is 0. The third kappa shape index (κ3) is 4.75. The fourth-order valence-corrected chi connectivity index (χ4v) is 3.60. The molecule has 0 bridgehead atoms. The van der Waals surface area contributed by atoms with E-state index in [2.05, 4.69) is 35.8 Å². The van der Waals surface area contributed by atoms with Crippen molar-refractivity contribution in [1.29, 1.82) is 0 Å². The predicted molar refractivity (Wildman–Crippen MR) is 118 cm³/mol. The largest absolute Gasteiger partial charge is 0.497 e. The highest BCUT2D eigenvalue weighted by molar-refractivity contribution is 7.98. The van der Waals surface area contributed by atoms with E-state index in [1.54, 1.807) is 19.2 Å². The number of rotatable bonds is 8. The third-order valence-corrected chi connectivity index (χ3v) is 5.31. The summed E-state index contributed by atoms with van der Waals surface area (Å²) in [6, 6.07) is 16.9. The zero-order valence-corrected chi connectivity index (χ0v) is 17.7. The molecular weight excluding hydrogens is 432 g/mol. The molecule has 12 heteroatoms. The van der Waals surface area contributed by atoms with E-state index in [4.69, 9.17) is 10.5 Å². The zero-order valence-electron chi connectivity index (χ0n) is 16.9. The molecule has 2 aromatic carbocycles. The Labute approximate surface area is 186 Å². The number of nitrogens with zero attached hydrogens (tertiary/aromatic N) is 6. The van der Waals surface area contributed by atoms with Gasteiger partial charge >= 0.3 is 0 Å². The van der Waals surface area contributed by atoms with Gasteiger partial charge in [0.15, 0.2) is 5.69 Å². The molecule has 0 fully saturated rings. The van der Waals surface area contributed by atoms with Crippen molar-refractivity contribution in [3.8, 4) is 11.6 Å². The average molecular weight is 450 g/mol. The number of anilines is 1. The summed E-state index contributed by atoms with van der Waals surface area (Å²) < 4.78 is 11.1. The van der Waals surface area contributed by atoms with Crippen molar-refractivity contribution in [2.24, 2.45) is 5.10 Å². The van der Waals surface area contributed by atoms with Crippen LogP contribution in [0.15, 0.2) is 69.2 Å². The van der Waals surface area contributed by atoms with Crippen molar-refractivity contribution in [1.82, 2.24) is 30.7 Å². The van der Waals surface area contributed by atoms with E-state index in [1.165, 1.54) is 22.7 Å². The summed E-state index contributed by atoms with van der Waals surface area (Å²) in [6.07, 6.45) is 1.51. The number of carbonyl (C=O) groups excluding carboxylic acids is 1. The first-order chi connectivity index (χ1) is 15.7. The number of nitrogen functional groups attached to an aromatic ring is 1. The van der Waals surface area contributed by atoms with Crippen LogP contribution in [-0.2, 0) is 5.75 Å². The number of hydrogen-bond acceptors (Lipinski definition) is 10. The van der Waals surface area contributed by atoms with E-state index in [1.807, 2.05) is 42.5 Å². The molecule has 2 heterocycles. The number of amides is 1. The number of nitrogens with two attached hydrogens (primary N) is 1. The molecule has 0 unspecified atom stereocenters. The van der Waals surface area contributed by atoms with Gasteiger partial charge in [0.1, 0.15) is 5.75 Å². The minimum atomic E-state index is -0.528. The second kappa shape index (κ2) is 9.75. The van der Waals surface area contributed by atoms with Gasteiger partial charge in [-0.3, -0.25) is 4.79 Å². The fraction of sp³-hybridized carbons (Fsp3) is 0.100. The van der Waals surface area contributed by atoms with Crippen molar-refractivity contribution in [2.45, 2.75) is 10.6 Å². The van der Waals surface area contributed by atoms with Crippen LogP contribution in [-0.4, -0.2) is 44.5 Å². The second-order valence-corrected chi connectivity index (χ2v) is 7.39. The van der Waals surface area contributed by atoms with E-state index in [0.29, 0.717) is 11.4 Å². The summed E-state index contributed by atoms with van der Waals surface area (Å²) in [7, 11) is 1.59. The molecule has 0 saturated heterocycles. The summed E-state index contributed by atoms with van der Waals surface area (Å²) >= 11 is 1.50. The third-order valence-electron chi connectivity index (χ3n) is 4.29. The van der Waals surface area contributed by atoms with Crippen LogP contribution in [0, 0.1) is 0 Å². The van der Waals surface area contributed by atoms with Gasteiger partial charge in [-0.15, -0.1) is 16.9 Å². The Bertz CT molecular complexity index is 1220. The van der Waals surface area contributed by atoms with E-state index >= 15 is 0 Å². The van der Waals surface area contributed by atoms with Crippen LogP contribution >= 0.6 is 11.8 Å². The number of carbonyl (C=O) groups is 1. The molecule has 1 amide bonds. The Morgan fingerprint density at radius 3 is 2.69 bits per heavy atom. The maximum atomic E-state index is 12.8. The quantitative estimate of drug-likeness (QED) is 0.234. The monoisotopic (exact) mass is 450 g/mol. The minimum absolute atomic E-state index is 0.0327. The summed E-state index contributed by atoms with van der Waals surface area (Å²) in [4.78, 5) is 13.8. The molecule has 0 radical (unpaired) electrons. The Balaban J connectivity index is 1.55. The van der Waals surface area contributed by atoms with Gasteiger partial charge in [-0.25, -0.2) is 10.1 Å². The van der Waals surface area contributed by atoms with E-state index in [9.17, 15) is 4.79 Å². The number of hydrazone groups is 1. The minimum Gasteiger partial charge on any atom is -0.497 e. The molecule has 0 aliphatic heterocycles. The van der Waals surface area contributed by atoms with Crippen molar-refractivity contribution in [3.63, 3.8) is 0 Å². The van der Waals surface area contributed by atoms with Crippen LogP contribution in [0.5, 0.6) is 5.75 Å². The number of thioether (sulfide) groups is 1. The normalized spacial score (nSPS) is 11.0. The van der Waals surface area contributed by atoms with Gasteiger partial charge in [0.25, 0.3) is 5.91 Å². The van der Waals surface area contributed by atoms with Gasteiger partial charge < -0.3 is 10.5 Å². The van der Waals surface area contributed by atoms with Gasteiger partial charge in [0.2, 0.25) is 11.6 Å². The zero-order chi connectivity index (χ0) is 22.3. The Hall–Kier alpha value is -4.19. The molecule has 3 N–H and O–H groups in total. The van der Waals surface area contributed by atoms with Crippen LogP contribution < -0.4 is 15.9 Å². The van der Waals surface area contributed by atoms with Gasteiger partial charge in [-0.05, 0) is 52.3 Å². The molecule has 4 aromatic rings. The lowest BCUT2D eigenvalue weighted by Gasteiger charge is -2.05. The SMILES string of the molecule is COc1ccc(/C=N/NC(=O)c2nnn(-c3nonc3N)c2CSc2ccccc2)cc1. The molecule has 0 spiro atoms. The number of aromatic nitrogens is 5. The Kier molecular flexibility index (Phi) is 6.41. The van der Waals surface area contributed by atoms with Crippen molar-refractivity contribution in [2.75, 3.05) is 12.8 Å². The smallest absolute Gasteiger partial charge is 0.293 e. The van der Waals surface area contributed by atoms with Crippen molar-refractivity contribution >= 4 is 29.7 Å². The average Bonchev–Trinajstić information content (AvgIpc) is 3.44. The predicted octanol–water partition coefficient (Wildman–Crippen LogP) is 2.30. The Morgan fingerprint density at radius 1 is 1.22 bits per heavy atom. The highest BCUT2D eigenvalue weighted by Gasteiger charge is 2.24. The lowest BCUT2D eigenvalue weighted by molar-refractivity contribution is 0.0949. The first-order valence-corrected chi connectivity index (χ1v) is 10.3. The van der Waals surface area contributed by atoms with Crippen LogP contribution in [0.1, 0.15) is 21.7 Å². The lowest BCUT2D eigenvalue weighted by atomic mass is 10.2. The van der Waals surface area contributed by atoms with Gasteiger partial charge in [0, 0.05) is 10.6 Å². The molecular formula is C20H18N8O3S. The lowest BCUT2D eigenvalue weighted by Crippen LogP contribution is -2.20. The number of nitrogens with one attached hydrogen (secondary N) is 1. The van der Waals surface area contributed by atoms with E-state index < -0.39 is 5.91 Å². The molecule has 32 heavy (non-hydrogen) atoms. The molecule has 11 nitrogen and oxygen atoms in total. The Morgan fingerprint density at radius 2 is 2.00 bits per heavy atom. The van der Waals surface area contributed by atoms with Crippen LogP contribution in [0.2, 0.25) is 0 Å². The number of hydrogen-bond donors (Lipinski definition) is 2. The standard InChI is InChI=1S/C20H18N8O3S/c1-30-14-9-7-13(8-10-14)11-22-24-20(29)17-16(12-32-15-5-3-2-4-6-15)28(27-23-17)19-18(21)25-31-26-19/h2-11H,12H2,1H3,(H2,21,25)(H,24,29)/b22-11+. The van der Waals surface area contributed by atoms with Gasteiger partial charge in [0.05, 0.1) is 19.0 Å². The summed E-state index contributed by atoms with van der Waals surface area (Å²) in [5.74, 6) is 0.755. The maximum absolute atomic E-state index is 12.8. The topological polar surface area (TPSA) is 146 Å². The van der Waals surface area contributed by atoms with Gasteiger partial charge in [-0.1, -0.05) is 23.4 Å². The number of benzene rings is 2. The van der Waals surface area contributed by atoms with Crippen LogP contribution in [0.25, 0.3) is 5.82 Å². The highest BCUT2D eigenvalue weighted by atomic mass is 32.2. The van der Waals surface area contributed by atoms with Crippen LogP contribution in [0.3, 0.4) is 0 Å². The first-order valence-electron chi connectivity index (χ1n) is 9.34. The molecule has 0 atom stereocenters.